The van der Waals surface area contributed by atoms with Crippen LogP contribution in [-0.4, -0.2) is 50.4 Å². The zero-order chi connectivity index (χ0) is 19.2. The van der Waals surface area contributed by atoms with E-state index >= 15 is 0 Å². The standard InChI is InChI=1S/C19H31N3O3S/c1-15-7-10-22(11-8-15)14-17-6-4-3-5-16(17)13-21-19(23)18(20)9-12-26(2,24)25/h3-6,15,18H,7-14,20H2,1-2H3,(H,21,23). The topological polar surface area (TPSA) is 92.5 Å². The van der Waals surface area contributed by atoms with Crippen molar-refractivity contribution < 1.29 is 13.2 Å². The molecule has 26 heavy (non-hydrogen) atoms. The fourth-order valence-corrected chi connectivity index (χ4v) is 3.81. The second-order valence-electron chi connectivity index (χ2n) is 7.47. The smallest absolute Gasteiger partial charge is 0.237 e. The van der Waals surface area contributed by atoms with Gasteiger partial charge in [-0.05, 0) is 49.4 Å². The molecule has 0 spiro atoms. The number of sulfone groups is 1. The molecule has 6 nitrogen and oxygen atoms in total. The fourth-order valence-electron chi connectivity index (χ4n) is 3.13. The SMILES string of the molecule is CC1CCN(Cc2ccccc2CNC(=O)C(N)CCS(C)(=O)=O)CC1. The predicted octanol–water partition coefficient (Wildman–Crippen LogP) is 1.30. The average molecular weight is 382 g/mol. The Morgan fingerprint density at radius 1 is 1.27 bits per heavy atom. The van der Waals surface area contributed by atoms with E-state index in [0.29, 0.717) is 6.54 Å². The molecule has 0 aromatic heterocycles. The quantitative estimate of drug-likeness (QED) is 0.708. The number of nitrogens with two attached hydrogens (primary N) is 1. The number of hydrogen-bond donors (Lipinski definition) is 2. The monoisotopic (exact) mass is 381 g/mol. The van der Waals surface area contributed by atoms with Gasteiger partial charge in [0.05, 0.1) is 11.8 Å². The number of carbonyl (C=O) groups excluding carboxylic acids is 1. The van der Waals surface area contributed by atoms with Crippen LogP contribution in [-0.2, 0) is 27.7 Å². The maximum atomic E-state index is 12.1. The van der Waals surface area contributed by atoms with Gasteiger partial charge in [-0.1, -0.05) is 31.2 Å². The van der Waals surface area contributed by atoms with Crippen molar-refractivity contribution in [2.45, 2.75) is 45.3 Å². The van der Waals surface area contributed by atoms with Gasteiger partial charge in [-0.25, -0.2) is 8.42 Å². The molecule has 2 rings (SSSR count). The van der Waals surface area contributed by atoms with E-state index in [9.17, 15) is 13.2 Å². The lowest BCUT2D eigenvalue weighted by molar-refractivity contribution is -0.122. The summed E-state index contributed by atoms with van der Waals surface area (Å²) < 4.78 is 22.4. The maximum Gasteiger partial charge on any atom is 0.237 e. The van der Waals surface area contributed by atoms with Crippen molar-refractivity contribution in [2.24, 2.45) is 11.7 Å². The molecule has 1 unspecified atom stereocenters. The molecule has 1 heterocycles. The molecule has 146 valence electrons. The number of rotatable bonds is 8. The number of carbonyl (C=O) groups is 1. The molecule has 1 amide bonds. The Morgan fingerprint density at radius 3 is 2.50 bits per heavy atom. The predicted molar refractivity (Wildman–Crippen MR) is 104 cm³/mol. The molecule has 1 aliphatic rings. The Labute approximate surface area is 157 Å². The van der Waals surface area contributed by atoms with Crippen LogP contribution in [0.25, 0.3) is 0 Å². The van der Waals surface area contributed by atoms with E-state index in [1.54, 1.807) is 0 Å². The van der Waals surface area contributed by atoms with Gasteiger partial charge in [0, 0.05) is 19.3 Å². The van der Waals surface area contributed by atoms with Crippen LogP contribution in [0.1, 0.15) is 37.3 Å². The molecule has 1 aliphatic heterocycles. The van der Waals surface area contributed by atoms with Gasteiger partial charge in [0.2, 0.25) is 5.91 Å². The summed E-state index contributed by atoms with van der Waals surface area (Å²) in [5.74, 6) is 0.412. The van der Waals surface area contributed by atoms with E-state index < -0.39 is 15.9 Å². The molecule has 0 radical (unpaired) electrons. The summed E-state index contributed by atoms with van der Waals surface area (Å²) in [6.07, 6.45) is 3.75. The molecule has 7 heteroatoms. The highest BCUT2D eigenvalue weighted by Gasteiger charge is 2.18. The van der Waals surface area contributed by atoms with Gasteiger partial charge in [0.15, 0.2) is 0 Å². The van der Waals surface area contributed by atoms with Crippen LogP contribution in [0.2, 0.25) is 0 Å². The molecule has 1 aromatic rings. The summed E-state index contributed by atoms with van der Waals surface area (Å²) in [4.78, 5) is 14.6. The number of nitrogens with zero attached hydrogens (tertiary/aromatic N) is 1. The minimum absolute atomic E-state index is 0.0778. The van der Waals surface area contributed by atoms with Gasteiger partial charge in [0.1, 0.15) is 9.84 Å². The van der Waals surface area contributed by atoms with E-state index in [1.807, 2.05) is 18.2 Å². The third kappa shape index (κ3) is 7.05. The van der Waals surface area contributed by atoms with Crippen LogP contribution < -0.4 is 11.1 Å². The lowest BCUT2D eigenvalue weighted by Crippen LogP contribution is -2.41. The van der Waals surface area contributed by atoms with Crippen molar-refractivity contribution in [3.8, 4) is 0 Å². The third-order valence-electron chi connectivity index (χ3n) is 4.98. The summed E-state index contributed by atoms with van der Waals surface area (Å²) in [6, 6.07) is 7.30. The molecule has 3 N–H and O–H groups in total. The molecule has 1 fully saturated rings. The van der Waals surface area contributed by atoms with Gasteiger partial charge in [-0.3, -0.25) is 9.69 Å². The molecular weight excluding hydrogens is 350 g/mol. The highest BCUT2D eigenvalue weighted by molar-refractivity contribution is 7.90. The number of benzene rings is 1. The van der Waals surface area contributed by atoms with Gasteiger partial charge < -0.3 is 11.1 Å². The summed E-state index contributed by atoms with van der Waals surface area (Å²) in [5.41, 5.74) is 8.10. The Hall–Kier alpha value is -1.44. The Bertz CT molecular complexity index is 698. The summed E-state index contributed by atoms with van der Waals surface area (Å²) in [7, 11) is -3.11. The van der Waals surface area contributed by atoms with Crippen molar-refractivity contribution >= 4 is 15.7 Å². The van der Waals surface area contributed by atoms with Gasteiger partial charge in [-0.15, -0.1) is 0 Å². The van der Waals surface area contributed by atoms with Crippen LogP contribution in [0.5, 0.6) is 0 Å². The number of piperidine rings is 1. The lowest BCUT2D eigenvalue weighted by Gasteiger charge is -2.30. The first-order chi connectivity index (χ1) is 12.2. The molecule has 0 aliphatic carbocycles. The van der Waals surface area contributed by atoms with Crippen molar-refractivity contribution in [1.29, 1.82) is 0 Å². The van der Waals surface area contributed by atoms with Crippen molar-refractivity contribution in [2.75, 3.05) is 25.1 Å². The molecule has 1 saturated heterocycles. The number of hydrogen-bond acceptors (Lipinski definition) is 5. The van der Waals surface area contributed by atoms with Crippen LogP contribution in [0, 0.1) is 5.92 Å². The number of nitrogens with one attached hydrogen (secondary N) is 1. The minimum Gasteiger partial charge on any atom is -0.351 e. The Morgan fingerprint density at radius 2 is 1.88 bits per heavy atom. The Balaban J connectivity index is 1.88. The first kappa shape index (κ1) is 20.9. The van der Waals surface area contributed by atoms with Gasteiger partial charge >= 0.3 is 0 Å². The minimum atomic E-state index is -3.11. The van der Waals surface area contributed by atoms with Crippen LogP contribution >= 0.6 is 0 Å². The second-order valence-corrected chi connectivity index (χ2v) is 9.73. The van der Waals surface area contributed by atoms with Crippen LogP contribution in [0.15, 0.2) is 24.3 Å². The van der Waals surface area contributed by atoms with Crippen molar-refractivity contribution in [3.63, 3.8) is 0 Å². The van der Waals surface area contributed by atoms with Crippen molar-refractivity contribution in [3.05, 3.63) is 35.4 Å². The zero-order valence-electron chi connectivity index (χ0n) is 15.8. The first-order valence-corrected chi connectivity index (χ1v) is 11.3. The third-order valence-corrected chi connectivity index (χ3v) is 5.96. The van der Waals surface area contributed by atoms with E-state index in [2.05, 4.69) is 23.2 Å². The van der Waals surface area contributed by atoms with Crippen LogP contribution in [0.4, 0.5) is 0 Å². The van der Waals surface area contributed by atoms with E-state index in [0.717, 1.165) is 37.4 Å². The van der Waals surface area contributed by atoms with E-state index in [4.69, 9.17) is 5.73 Å². The largest absolute Gasteiger partial charge is 0.351 e. The molecule has 0 saturated carbocycles. The summed E-state index contributed by atoms with van der Waals surface area (Å²) in [6.45, 7) is 5.81. The highest BCUT2D eigenvalue weighted by Crippen LogP contribution is 2.19. The van der Waals surface area contributed by atoms with E-state index in [-0.39, 0.29) is 18.1 Å². The average Bonchev–Trinajstić information content (AvgIpc) is 2.60. The van der Waals surface area contributed by atoms with Gasteiger partial charge in [-0.2, -0.15) is 0 Å². The lowest BCUT2D eigenvalue weighted by atomic mass is 9.98. The normalized spacial score (nSPS) is 17.8. The Kier molecular flexibility index (Phi) is 7.61. The fraction of sp³-hybridized carbons (Fsp3) is 0.632. The summed E-state index contributed by atoms with van der Waals surface area (Å²) >= 11 is 0. The molecular formula is C19H31N3O3S. The van der Waals surface area contributed by atoms with Crippen molar-refractivity contribution in [1.82, 2.24) is 10.2 Å². The highest BCUT2D eigenvalue weighted by atomic mass is 32.2. The second kappa shape index (κ2) is 9.48. The van der Waals surface area contributed by atoms with Crippen LogP contribution in [0.3, 0.4) is 0 Å². The van der Waals surface area contributed by atoms with E-state index in [1.165, 1.54) is 18.4 Å². The molecule has 1 atom stereocenters. The molecule has 0 bridgehead atoms. The zero-order valence-corrected chi connectivity index (χ0v) is 16.6. The molecule has 1 aromatic carbocycles. The summed E-state index contributed by atoms with van der Waals surface area (Å²) in [5, 5.41) is 2.84. The number of amides is 1. The van der Waals surface area contributed by atoms with Gasteiger partial charge in [0.25, 0.3) is 0 Å². The maximum absolute atomic E-state index is 12.1. The number of likely N-dealkylation sites (tertiary alicyclic amines) is 1. The first-order valence-electron chi connectivity index (χ1n) is 9.25.